The summed E-state index contributed by atoms with van der Waals surface area (Å²) in [6, 6.07) is 0.503. The maximum atomic E-state index is 5.82. The van der Waals surface area contributed by atoms with E-state index in [4.69, 9.17) is 4.42 Å². The van der Waals surface area contributed by atoms with Crippen LogP contribution in [-0.2, 0) is 12.0 Å². The van der Waals surface area contributed by atoms with Gasteiger partial charge >= 0.3 is 0 Å². The summed E-state index contributed by atoms with van der Waals surface area (Å²) in [5.74, 6) is 3.64. The Morgan fingerprint density at radius 1 is 1.42 bits per heavy atom. The molecule has 1 heterocycles. The number of guanidine groups is 1. The summed E-state index contributed by atoms with van der Waals surface area (Å²) in [4.78, 5) is 8.70. The summed E-state index contributed by atoms with van der Waals surface area (Å²) in [5, 5.41) is 7.66. The van der Waals surface area contributed by atoms with E-state index in [0.717, 1.165) is 17.0 Å². The zero-order valence-corrected chi connectivity index (χ0v) is 16.5. The lowest BCUT2D eigenvalue weighted by Gasteiger charge is -2.30. The number of hydrogen-bond acceptors (Lipinski definition) is 4. The van der Waals surface area contributed by atoms with Gasteiger partial charge in [-0.2, -0.15) is 11.8 Å². The second-order valence-corrected chi connectivity index (χ2v) is 8.96. The summed E-state index contributed by atoms with van der Waals surface area (Å²) in [6.07, 6.45) is 6.89. The van der Waals surface area contributed by atoms with Gasteiger partial charge in [0, 0.05) is 23.8 Å². The molecule has 2 atom stereocenters. The molecule has 0 aliphatic heterocycles. The molecule has 2 N–H and O–H groups in total. The number of nitrogens with one attached hydrogen (secondary N) is 2. The Morgan fingerprint density at radius 3 is 2.83 bits per heavy atom. The average Bonchev–Trinajstić information content (AvgIpc) is 3.01. The fourth-order valence-electron chi connectivity index (χ4n) is 2.95. The molecule has 0 spiro atoms. The summed E-state index contributed by atoms with van der Waals surface area (Å²) in [5.41, 5.74) is -0.0147. The lowest BCUT2D eigenvalue weighted by Crippen LogP contribution is -2.45. The standard InChI is InChI=1S/C18H32N4OS/c1-6-24-14-9-7-8-13(10-14)22-17(19-5)21-12-16-20-11-15(23-16)18(2,3)4/h11,13-14H,6-10,12H2,1-5H3,(H2,19,21,22). The van der Waals surface area contributed by atoms with Gasteiger partial charge in [0.2, 0.25) is 5.89 Å². The van der Waals surface area contributed by atoms with Crippen molar-refractivity contribution in [2.75, 3.05) is 12.8 Å². The highest BCUT2D eigenvalue weighted by Crippen LogP contribution is 2.28. The van der Waals surface area contributed by atoms with Gasteiger partial charge in [-0.15, -0.1) is 0 Å². The smallest absolute Gasteiger partial charge is 0.213 e. The van der Waals surface area contributed by atoms with Gasteiger partial charge in [0.1, 0.15) is 5.76 Å². The molecule has 1 saturated carbocycles. The number of aliphatic imine (C=N–C) groups is 1. The molecule has 2 rings (SSSR count). The quantitative estimate of drug-likeness (QED) is 0.625. The lowest BCUT2D eigenvalue weighted by atomic mass is 9.94. The first-order valence-electron chi connectivity index (χ1n) is 8.96. The normalized spacial score (nSPS) is 22.5. The lowest BCUT2D eigenvalue weighted by molar-refractivity contribution is 0.378. The van der Waals surface area contributed by atoms with E-state index in [2.05, 4.69) is 60.1 Å². The predicted molar refractivity (Wildman–Crippen MR) is 103 cm³/mol. The first-order valence-corrected chi connectivity index (χ1v) is 10.0. The summed E-state index contributed by atoms with van der Waals surface area (Å²) in [6.45, 7) is 9.16. The summed E-state index contributed by atoms with van der Waals surface area (Å²) >= 11 is 2.08. The Morgan fingerprint density at radius 2 is 2.21 bits per heavy atom. The Kier molecular flexibility index (Phi) is 7.02. The van der Waals surface area contributed by atoms with E-state index in [0.29, 0.717) is 18.5 Å². The molecule has 1 aliphatic rings. The molecule has 0 bridgehead atoms. The molecule has 5 nitrogen and oxygen atoms in total. The summed E-state index contributed by atoms with van der Waals surface area (Å²) in [7, 11) is 1.81. The van der Waals surface area contributed by atoms with E-state index in [1.165, 1.54) is 31.4 Å². The predicted octanol–water partition coefficient (Wildman–Crippen LogP) is 3.70. The van der Waals surface area contributed by atoms with Gasteiger partial charge < -0.3 is 15.1 Å². The number of nitrogens with zero attached hydrogens (tertiary/aromatic N) is 2. The van der Waals surface area contributed by atoms with Crippen LogP contribution in [0.15, 0.2) is 15.6 Å². The van der Waals surface area contributed by atoms with Crippen molar-refractivity contribution < 1.29 is 4.42 Å². The molecule has 24 heavy (non-hydrogen) atoms. The molecular formula is C18H32N4OS. The Labute approximate surface area is 150 Å². The molecule has 1 aliphatic carbocycles. The van der Waals surface area contributed by atoms with Crippen LogP contribution >= 0.6 is 11.8 Å². The van der Waals surface area contributed by atoms with Gasteiger partial charge in [-0.1, -0.05) is 34.1 Å². The van der Waals surface area contributed by atoms with Crippen molar-refractivity contribution in [3.63, 3.8) is 0 Å². The van der Waals surface area contributed by atoms with Gasteiger partial charge in [-0.3, -0.25) is 4.99 Å². The molecule has 1 aromatic rings. The molecule has 0 amide bonds. The van der Waals surface area contributed by atoms with E-state index in [-0.39, 0.29) is 5.41 Å². The maximum absolute atomic E-state index is 5.82. The van der Waals surface area contributed by atoms with Gasteiger partial charge in [0.15, 0.2) is 5.96 Å². The Hall–Kier alpha value is -1.17. The maximum Gasteiger partial charge on any atom is 0.213 e. The second-order valence-electron chi connectivity index (χ2n) is 7.38. The minimum atomic E-state index is -0.0147. The van der Waals surface area contributed by atoms with Crippen LogP contribution in [-0.4, -0.2) is 35.0 Å². The monoisotopic (exact) mass is 352 g/mol. The Balaban J connectivity index is 1.83. The van der Waals surface area contributed by atoms with Gasteiger partial charge in [-0.05, 0) is 25.0 Å². The van der Waals surface area contributed by atoms with E-state index in [9.17, 15) is 0 Å². The molecule has 0 radical (unpaired) electrons. The fourth-order valence-corrected chi connectivity index (χ4v) is 4.12. The third kappa shape index (κ3) is 5.72. The zero-order chi connectivity index (χ0) is 17.6. The van der Waals surface area contributed by atoms with Crippen LogP contribution in [0, 0.1) is 0 Å². The van der Waals surface area contributed by atoms with Crippen molar-refractivity contribution in [3.05, 3.63) is 17.8 Å². The molecule has 1 aromatic heterocycles. The van der Waals surface area contributed by atoms with Crippen LogP contribution in [0.3, 0.4) is 0 Å². The molecule has 0 saturated heterocycles. The minimum Gasteiger partial charge on any atom is -0.443 e. The summed E-state index contributed by atoms with van der Waals surface area (Å²) < 4.78 is 5.82. The molecular weight excluding hydrogens is 320 g/mol. The number of oxazole rings is 1. The highest BCUT2D eigenvalue weighted by Gasteiger charge is 2.23. The molecule has 6 heteroatoms. The highest BCUT2D eigenvalue weighted by atomic mass is 32.2. The fraction of sp³-hybridized carbons (Fsp3) is 0.778. The van der Waals surface area contributed by atoms with E-state index >= 15 is 0 Å². The molecule has 136 valence electrons. The van der Waals surface area contributed by atoms with Crippen molar-refractivity contribution in [1.29, 1.82) is 0 Å². The van der Waals surface area contributed by atoms with Crippen molar-refractivity contribution in [1.82, 2.24) is 15.6 Å². The zero-order valence-electron chi connectivity index (χ0n) is 15.7. The molecule has 1 fully saturated rings. The van der Waals surface area contributed by atoms with Crippen LogP contribution in [0.25, 0.3) is 0 Å². The van der Waals surface area contributed by atoms with Crippen LogP contribution in [0.1, 0.15) is 65.0 Å². The molecule has 2 unspecified atom stereocenters. The van der Waals surface area contributed by atoms with Crippen LogP contribution in [0.4, 0.5) is 0 Å². The third-order valence-electron chi connectivity index (χ3n) is 4.29. The van der Waals surface area contributed by atoms with Crippen LogP contribution in [0.2, 0.25) is 0 Å². The number of aromatic nitrogens is 1. The van der Waals surface area contributed by atoms with E-state index < -0.39 is 0 Å². The first kappa shape index (κ1) is 19.2. The Bertz CT molecular complexity index is 533. The third-order valence-corrected chi connectivity index (χ3v) is 5.53. The number of rotatable bonds is 5. The van der Waals surface area contributed by atoms with E-state index in [1.807, 2.05) is 13.2 Å². The average molecular weight is 353 g/mol. The van der Waals surface area contributed by atoms with Crippen molar-refractivity contribution in [2.24, 2.45) is 4.99 Å². The largest absolute Gasteiger partial charge is 0.443 e. The van der Waals surface area contributed by atoms with Crippen molar-refractivity contribution >= 4 is 17.7 Å². The second kappa shape index (κ2) is 8.79. The SMILES string of the molecule is CCSC1CCCC(NC(=NC)NCc2ncc(C(C)(C)C)o2)C1. The number of hydrogen-bond donors (Lipinski definition) is 2. The van der Waals surface area contributed by atoms with Crippen LogP contribution in [0.5, 0.6) is 0 Å². The van der Waals surface area contributed by atoms with Crippen molar-refractivity contribution in [2.45, 2.75) is 76.6 Å². The van der Waals surface area contributed by atoms with E-state index in [1.54, 1.807) is 0 Å². The highest BCUT2D eigenvalue weighted by molar-refractivity contribution is 7.99. The topological polar surface area (TPSA) is 62.5 Å². The first-order chi connectivity index (χ1) is 11.4. The van der Waals surface area contributed by atoms with Gasteiger partial charge in [0.05, 0.1) is 12.7 Å². The van der Waals surface area contributed by atoms with Gasteiger partial charge in [0.25, 0.3) is 0 Å². The van der Waals surface area contributed by atoms with Crippen LogP contribution < -0.4 is 10.6 Å². The molecule has 0 aromatic carbocycles. The number of thioether (sulfide) groups is 1. The minimum absolute atomic E-state index is 0.0147. The van der Waals surface area contributed by atoms with Gasteiger partial charge in [-0.25, -0.2) is 4.98 Å². The van der Waals surface area contributed by atoms with Crippen molar-refractivity contribution in [3.8, 4) is 0 Å².